The Hall–Kier alpha value is -1.95. The van der Waals surface area contributed by atoms with Crippen molar-refractivity contribution < 1.29 is 9.18 Å². The van der Waals surface area contributed by atoms with Crippen molar-refractivity contribution in [3.63, 3.8) is 0 Å². The third-order valence-corrected chi connectivity index (χ3v) is 3.57. The lowest BCUT2D eigenvalue weighted by Gasteiger charge is -2.10. The lowest BCUT2D eigenvalue weighted by molar-refractivity contribution is 0.0961. The molecule has 1 N–H and O–H groups in total. The number of pyridine rings is 1. The van der Waals surface area contributed by atoms with Gasteiger partial charge in [-0.2, -0.15) is 0 Å². The molecular formula is C15H14BrFN2O2. The summed E-state index contributed by atoms with van der Waals surface area (Å²) in [5.41, 5.74) is 0.471. The van der Waals surface area contributed by atoms with Crippen molar-refractivity contribution in [3.05, 3.63) is 67.8 Å². The van der Waals surface area contributed by atoms with Crippen molar-refractivity contribution >= 4 is 21.8 Å². The number of hydrogen-bond acceptors (Lipinski definition) is 2. The molecule has 0 aliphatic heterocycles. The minimum atomic E-state index is -0.472. The van der Waals surface area contributed by atoms with Crippen LogP contribution in [0.3, 0.4) is 0 Å². The second kappa shape index (κ2) is 6.22. The molecular weight excluding hydrogens is 339 g/mol. The molecule has 0 bridgehead atoms. The summed E-state index contributed by atoms with van der Waals surface area (Å²) in [6, 6.07) is 6.47. The van der Waals surface area contributed by atoms with Crippen LogP contribution in [0, 0.1) is 12.7 Å². The van der Waals surface area contributed by atoms with Crippen molar-refractivity contribution in [1.29, 1.82) is 0 Å². The van der Waals surface area contributed by atoms with Gasteiger partial charge in [-0.3, -0.25) is 9.59 Å². The predicted molar refractivity (Wildman–Crippen MR) is 82.0 cm³/mol. The third kappa shape index (κ3) is 3.21. The maximum absolute atomic E-state index is 14.0. The van der Waals surface area contributed by atoms with Crippen molar-refractivity contribution in [2.45, 2.75) is 13.5 Å². The van der Waals surface area contributed by atoms with Crippen LogP contribution < -0.4 is 10.9 Å². The van der Waals surface area contributed by atoms with Gasteiger partial charge in [-0.15, -0.1) is 0 Å². The molecule has 0 aliphatic rings. The molecule has 4 nitrogen and oxygen atoms in total. The Kier molecular flexibility index (Phi) is 4.57. The number of aromatic nitrogens is 1. The first-order chi connectivity index (χ1) is 9.93. The summed E-state index contributed by atoms with van der Waals surface area (Å²) in [5.74, 6) is -0.814. The molecule has 0 fully saturated rings. The molecule has 21 heavy (non-hydrogen) atoms. The number of amides is 1. The summed E-state index contributed by atoms with van der Waals surface area (Å²) in [5, 5.41) is 2.41. The Morgan fingerprint density at radius 3 is 2.81 bits per heavy atom. The largest absolute Gasteiger partial charge is 0.355 e. The molecule has 0 atom stereocenters. The molecule has 1 heterocycles. The molecule has 1 amide bonds. The fourth-order valence-corrected chi connectivity index (χ4v) is 2.50. The number of rotatable bonds is 3. The quantitative estimate of drug-likeness (QED) is 0.922. The van der Waals surface area contributed by atoms with E-state index < -0.39 is 11.5 Å². The highest BCUT2D eigenvalue weighted by molar-refractivity contribution is 9.10. The molecule has 2 rings (SSSR count). The number of carbonyl (C=O) groups is 1. The van der Waals surface area contributed by atoms with Crippen LogP contribution in [0.2, 0.25) is 0 Å². The zero-order valence-corrected chi connectivity index (χ0v) is 13.2. The van der Waals surface area contributed by atoms with E-state index in [9.17, 15) is 14.0 Å². The third-order valence-electron chi connectivity index (χ3n) is 3.14. The van der Waals surface area contributed by atoms with Crippen LogP contribution in [0.5, 0.6) is 0 Å². The van der Waals surface area contributed by atoms with E-state index in [2.05, 4.69) is 21.2 Å². The highest BCUT2D eigenvalue weighted by Crippen LogP contribution is 2.14. The van der Waals surface area contributed by atoms with E-state index >= 15 is 0 Å². The second-order valence-corrected chi connectivity index (χ2v) is 5.55. The summed E-state index contributed by atoms with van der Waals surface area (Å²) in [6.07, 6.45) is 1.54. The molecule has 6 heteroatoms. The number of nitrogens with zero attached hydrogens (tertiary/aromatic N) is 1. The van der Waals surface area contributed by atoms with Gasteiger partial charge in [0, 0.05) is 23.3 Å². The van der Waals surface area contributed by atoms with Gasteiger partial charge in [0.15, 0.2) is 0 Å². The minimum absolute atomic E-state index is 0.0138. The fourth-order valence-electron chi connectivity index (χ4n) is 2.03. The Morgan fingerprint density at radius 2 is 2.14 bits per heavy atom. The summed E-state index contributed by atoms with van der Waals surface area (Å²) in [7, 11) is 1.45. The SMILES string of the molecule is CNC(=O)c1cc(Br)cn(Cc2cccc(C)c2F)c1=O. The van der Waals surface area contributed by atoms with Gasteiger partial charge < -0.3 is 9.88 Å². The van der Waals surface area contributed by atoms with Crippen LogP contribution in [0.25, 0.3) is 0 Å². The average Bonchev–Trinajstić information content (AvgIpc) is 2.46. The Morgan fingerprint density at radius 1 is 1.43 bits per heavy atom. The predicted octanol–water partition coefficient (Wildman–Crippen LogP) is 2.47. The normalized spacial score (nSPS) is 10.5. The number of hydrogen-bond donors (Lipinski definition) is 1. The average molecular weight is 353 g/mol. The molecule has 0 unspecified atom stereocenters. The van der Waals surface area contributed by atoms with Gasteiger partial charge >= 0.3 is 0 Å². The van der Waals surface area contributed by atoms with Gasteiger partial charge in [-0.25, -0.2) is 4.39 Å². The van der Waals surface area contributed by atoms with E-state index in [1.807, 2.05) is 0 Å². The Bertz CT molecular complexity index is 756. The van der Waals surface area contributed by atoms with Crippen molar-refractivity contribution in [3.8, 4) is 0 Å². The lowest BCUT2D eigenvalue weighted by atomic mass is 10.1. The Balaban J connectivity index is 2.50. The van der Waals surface area contributed by atoms with E-state index in [0.29, 0.717) is 15.6 Å². The summed E-state index contributed by atoms with van der Waals surface area (Å²) < 4.78 is 15.9. The number of benzene rings is 1. The molecule has 1 aromatic heterocycles. The van der Waals surface area contributed by atoms with Crippen LogP contribution in [0.15, 0.2) is 39.7 Å². The van der Waals surface area contributed by atoms with E-state index in [-0.39, 0.29) is 17.9 Å². The number of carbonyl (C=O) groups excluding carboxylic acids is 1. The van der Waals surface area contributed by atoms with Gasteiger partial charge in [-0.1, -0.05) is 18.2 Å². The fraction of sp³-hybridized carbons (Fsp3) is 0.200. The van der Waals surface area contributed by atoms with Crippen LogP contribution in [-0.2, 0) is 6.54 Å². The van der Waals surface area contributed by atoms with E-state index in [4.69, 9.17) is 0 Å². The summed E-state index contributed by atoms with van der Waals surface area (Å²) >= 11 is 3.26. The highest BCUT2D eigenvalue weighted by atomic mass is 79.9. The molecule has 0 saturated heterocycles. The van der Waals surface area contributed by atoms with Gasteiger partial charge in [0.2, 0.25) is 0 Å². The monoisotopic (exact) mass is 352 g/mol. The van der Waals surface area contributed by atoms with Crippen LogP contribution in [0.4, 0.5) is 4.39 Å². The van der Waals surface area contributed by atoms with Crippen LogP contribution in [-0.4, -0.2) is 17.5 Å². The molecule has 0 spiro atoms. The molecule has 0 saturated carbocycles. The van der Waals surface area contributed by atoms with Crippen molar-refractivity contribution in [1.82, 2.24) is 9.88 Å². The molecule has 1 aromatic carbocycles. The second-order valence-electron chi connectivity index (χ2n) is 4.63. The van der Waals surface area contributed by atoms with Crippen molar-refractivity contribution in [2.75, 3.05) is 7.05 Å². The molecule has 0 radical (unpaired) electrons. The smallest absolute Gasteiger partial charge is 0.263 e. The number of aryl methyl sites for hydroxylation is 1. The van der Waals surface area contributed by atoms with Gasteiger partial charge in [0.05, 0.1) is 6.54 Å². The molecule has 0 aliphatic carbocycles. The van der Waals surface area contributed by atoms with E-state index in [1.54, 1.807) is 25.1 Å². The lowest BCUT2D eigenvalue weighted by Crippen LogP contribution is -2.31. The number of nitrogens with one attached hydrogen (secondary N) is 1. The van der Waals surface area contributed by atoms with Gasteiger partial charge in [0.1, 0.15) is 11.4 Å². The Labute approximate surface area is 129 Å². The van der Waals surface area contributed by atoms with Gasteiger partial charge in [0.25, 0.3) is 11.5 Å². The van der Waals surface area contributed by atoms with E-state index in [0.717, 1.165) is 0 Å². The first-order valence-corrected chi connectivity index (χ1v) is 7.09. The standard InChI is InChI=1S/C15H14BrFN2O2/c1-9-4-3-5-10(13(9)17)7-19-8-11(16)6-12(15(19)21)14(20)18-2/h3-6,8H,7H2,1-2H3,(H,18,20). The topological polar surface area (TPSA) is 51.1 Å². The van der Waals surface area contributed by atoms with Crippen molar-refractivity contribution in [2.24, 2.45) is 0 Å². The van der Waals surface area contributed by atoms with Gasteiger partial charge in [-0.05, 0) is 34.5 Å². The first-order valence-electron chi connectivity index (χ1n) is 6.30. The zero-order valence-electron chi connectivity index (χ0n) is 11.6. The number of halogens is 2. The van der Waals surface area contributed by atoms with Crippen LogP contribution in [0.1, 0.15) is 21.5 Å². The first kappa shape index (κ1) is 15.4. The maximum atomic E-state index is 14.0. The molecule has 2 aromatic rings. The molecule has 110 valence electrons. The zero-order chi connectivity index (χ0) is 15.6. The summed E-state index contributed by atoms with van der Waals surface area (Å²) in [4.78, 5) is 24.0. The van der Waals surface area contributed by atoms with Crippen LogP contribution >= 0.6 is 15.9 Å². The van der Waals surface area contributed by atoms with E-state index in [1.165, 1.54) is 23.9 Å². The summed E-state index contributed by atoms with van der Waals surface area (Å²) in [6.45, 7) is 1.73. The highest BCUT2D eigenvalue weighted by Gasteiger charge is 2.14. The minimum Gasteiger partial charge on any atom is -0.355 e. The maximum Gasteiger partial charge on any atom is 0.263 e.